The quantitative estimate of drug-likeness (QED) is 0.689. The van der Waals surface area contributed by atoms with Crippen molar-refractivity contribution in [2.45, 2.75) is 12.8 Å². The van der Waals surface area contributed by atoms with E-state index in [9.17, 15) is 4.79 Å². The fourth-order valence-corrected chi connectivity index (χ4v) is 1.79. The van der Waals surface area contributed by atoms with Crippen LogP contribution in [-0.2, 0) is 11.2 Å². The summed E-state index contributed by atoms with van der Waals surface area (Å²) in [6, 6.07) is 9.91. The van der Waals surface area contributed by atoms with Gasteiger partial charge in [-0.15, -0.1) is 0 Å². The monoisotopic (exact) mass is 234 g/mol. The van der Waals surface area contributed by atoms with Gasteiger partial charge in [0.1, 0.15) is 0 Å². The van der Waals surface area contributed by atoms with E-state index < -0.39 is 0 Å². The van der Waals surface area contributed by atoms with Crippen molar-refractivity contribution in [3.8, 4) is 0 Å². The lowest BCUT2D eigenvalue weighted by Crippen LogP contribution is -2.29. The minimum Gasteiger partial charge on any atom is -0.320 e. The second kappa shape index (κ2) is 7.98. The topological polar surface area (TPSA) is 32.3 Å². The second-order valence-electron chi connectivity index (χ2n) is 4.40. The molecular weight excluding hydrogens is 212 g/mol. The molecular formula is C14H22N2O. The molecule has 0 saturated heterocycles. The molecule has 3 heteroatoms. The van der Waals surface area contributed by atoms with Crippen LogP contribution in [0, 0.1) is 0 Å². The zero-order valence-corrected chi connectivity index (χ0v) is 10.8. The highest BCUT2D eigenvalue weighted by Crippen LogP contribution is 2.01. The van der Waals surface area contributed by atoms with Crippen molar-refractivity contribution in [1.29, 1.82) is 0 Å². The highest BCUT2D eigenvalue weighted by atomic mass is 16.1. The SMILES string of the molecule is CNCCCN(C)CC(=O)Cc1ccccc1. The third-order valence-corrected chi connectivity index (χ3v) is 2.66. The second-order valence-corrected chi connectivity index (χ2v) is 4.40. The molecule has 0 aromatic heterocycles. The summed E-state index contributed by atoms with van der Waals surface area (Å²) in [7, 11) is 3.94. The van der Waals surface area contributed by atoms with Crippen LogP contribution in [0.25, 0.3) is 0 Å². The Morgan fingerprint density at radius 1 is 1.29 bits per heavy atom. The van der Waals surface area contributed by atoms with Gasteiger partial charge in [-0.2, -0.15) is 0 Å². The van der Waals surface area contributed by atoms with Gasteiger partial charge in [-0.05, 0) is 39.2 Å². The van der Waals surface area contributed by atoms with E-state index in [1.165, 1.54) is 0 Å². The van der Waals surface area contributed by atoms with Gasteiger partial charge in [-0.3, -0.25) is 9.69 Å². The number of ketones is 1. The van der Waals surface area contributed by atoms with Gasteiger partial charge >= 0.3 is 0 Å². The Morgan fingerprint density at radius 2 is 2.00 bits per heavy atom. The number of carbonyl (C=O) groups is 1. The zero-order chi connectivity index (χ0) is 12.5. The minimum absolute atomic E-state index is 0.281. The maximum absolute atomic E-state index is 11.8. The largest absolute Gasteiger partial charge is 0.320 e. The first-order valence-corrected chi connectivity index (χ1v) is 6.11. The van der Waals surface area contributed by atoms with E-state index in [1.807, 2.05) is 44.4 Å². The number of likely N-dealkylation sites (N-methyl/N-ethyl adjacent to an activating group) is 1. The number of hydrogen-bond acceptors (Lipinski definition) is 3. The predicted molar refractivity (Wildman–Crippen MR) is 71.2 cm³/mol. The van der Waals surface area contributed by atoms with Crippen LogP contribution in [0.4, 0.5) is 0 Å². The number of nitrogens with zero attached hydrogens (tertiary/aromatic N) is 1. The van der Waals surface area contributed by atoms with Crippen LogP contribution in [0.15, 0.2) is 30.3 Å². The van der Waals surface area contributed by atoms with E-state index in [0.717, 1.165) is 25.1 Å². The van der Waals surface area contributed by atoms with Crippen LogP contribution in [0.5, 0.6) is 0 Å². The molecule has 1 rings (SSSR count). The van der Waals surface area contributed by atoms with Crippen molar-refractivity contribution in [2.24, 2.45) is 0 Å². The average Bonchev–Trinajstić information content (AvgIpc) is 2.30. The molecule has 0 bridgehead atoms. The number of Topliss-reactive ketones (excluding diaryl/α,β-unsaturated/α-hetero) is 1. The fourth-order valence-electron chi connectivity index (χ4n) is 1.79. The molecule has 3 nitrogen and oxygen atoms in total. The molecule has 1 N–H and O–H groups in total. The van der Waals surface area contributed by atoms with E-state index in [-0.39, 0.29) is 5.78 Å². The van der Waals surface area contributed by atoms with Gasteiger partial charge in [0.15, 0.2) is 5.78 Å². The standard InChI is InChI=1S/C14H22N2O/c1-15-9-6-10-16(2)12-14(17)11-13-7-4-3-5-8-13/h3-5,7-8,15H,6,9-12H2,1-2H3. The summed E-state index contributed by atoms with van der Waals surface area (Å²) in [5, 5.41) is 3.10. The maximum atomic E-state index is 11.8. The number of carbonyl (C=O) groups excluding carboxylic acids is 1. The lowest BCUT2D eigenvalue weighted by Gasteiger charge is -2.15. The molecule has 94 valence electrons. The predicted octanol–water partition coefficient (Wildman–Crippen LogP) is 1.34. The van der Waals surface area contributed by atoms with Crippen LogP contribution < -0.4 is 5.32 Å². The van der Waals surface area contributed by atoms with E-state index in [2.05, 4.69) is 10.2 Å². The summed E-state index contributed by atoms with van der Waals surface area (Å²) in [6.45, 7) is 2.50. The minimum atomic E-state index is 0.281. The number of hydrogen-bond donors (Lipinski definition) is 1. The average molecular weight is 234 g/mol. The number of benzene rings is 1. The van der Waals surface area contributed by atoms with Crippen molar-refractivity contribution in [3.05, 3.63) is 35.9 Å². The first-order valence-electron chi connectivity index (χ1n) is 6.11. The lowest BCUT2D eigenvalue weighted by molar-refractivity contribution is -0.119. The summed E-state index contributed by atoms with van der Waals surface area (Å²) < 4.78 is 0. The van der Waals surface area contributed by atoms with Crippen molar-refractivity contribution >= 4 is 5.78 Å². The third-order valence-electron chi connectivity index (χ3n) is 2.66. The van der Waals surface area contributed by atoms with Crippen molar-refractivity contribution in [1.82, 2.24) is 10.2 Å². The summed E-state index contributed by atoms with van der Waals surface area (Å²) in [5.74, 6) is 0.281. The Bertz CT molecular complexity index is 324. The smallest absolute Gasteiger partial charge is 0.151 e. The van der Waals surface area contributed by atoms with E-state index in [4.69, 9.17) is 0 Å². The van der Waals surface area contributed by atoms with E-state index in [1.54, 1.807) is 0 Å². The zero-order valence-electron chi connectivity index (χ0n) is 10.8. The Labute approximate surface area is 104 Å². The molecule has 0 fully saturated rings. The third kappa shape index (κ3) is 6.19. The summed E-state index contributed by atoms with van der Waals surface area (Å²) in [4.78, 5) is 13.9. The van der Waals surface area contributed by atoms with Gasteiger partial charge in [-0.25, -0.2) is 0 Å². The van der Waals surface area contributed by atoms with E-state index >= 15 is 0 Å². The Balaban J connectivity index is 2.25. The summed E-state index contributed by atoms with van der Waals surface area (Å²) in [5.41, 5.74) is 1.10. The molecule has 0 spiro atoms. The molecule has 0 unspecified atom stereocenters. The molecule has 0 saturated carbocycles. The number of rotatable bonds is 8. The van der Waals surface area contributed by atoms with Gasteiger partial charge in [0, 0.05) is 6.42 Å². The molecule has 0 atom stereocenters. The van der Waals surface area contributed by atoms with Crippen molar-refractivity contribution in [3.63, 3.8) is 0 Å². The van der Waals surface area contributed by atoms with Crippen LogP contribution in [0.1, 0.15) is 12.0 Å². The van der Waals surface area contributed by atoms with E-state index in [0.29, 0.717) is 13.0 Å². The molecule has 0 radical (unpaired) electrons. The highest BCUT2D eigenvalue weighted by Gasteiger charge is 2.06. The molecule has 17 heavy (non-hydrogen) atoms. The lowest BCUT2D eigenvalue weighted by atomic mass is 10.1. The van der Waals surface area contributed by atoms with Crippen LogP contribution in [0.3, 0.4) is 0 Å². The normalized spacial score (nSPS) is 10.8. The first-order chi connectivity index (χ1) is 8.22. The Kier molecular flexibility index (Phi) is 6.51. The molecule has 0 aliphatic carbocycles. The summed E-state index contributed by atoms with van der Waals surface area (Å²) in [6.07, 6.45) is 1.61. The van der Waals surface area contributed by atoms with Gasteiger partial charge in [0.25, 0.3) is 0 Å². The molecule has 0 aliphatic heterocycles. The Hall–Kier alpha value is -1.19. The molecule has 0 aliphatic rings. The molecule has 1 aromatic rings. The van der Waals surface area contributed by atoms with Crippen LogP contribution in [0.2, 0.25) is 0 Å². The maximum Gasteiger partial charge on any atom is 0.151 e. The summed E-state index contributed by atoms with van der Waals surface area (Å²) >= 11 is 0. The van der Waals surface area contributed by atoms with Crippen molar-refractivity contribution in [2.75, 3.05) is 33.7 Å². The van der Waals surface area contributed by atoms with Gasteiger partial charge in [0.2, 0.25) is 0 Å². The highest BCUT2D eigenvalue weighted by molar-refractivity contribution is 5.82. The first kappa shape index (κ1) is 13.9. The molecule has 1 aromatic carbocycles. The number of nitrogens with one attached hydrogen (secondary N) is 1. The van der Waals surface area contributed by atoms with Gasteiger partial charge in [0.05, 0.1) is 6.54 Å². The van der Waals surface area contributed by atoms with Crippen LogP contribution in [-0.4, -0.2) is 44.4 Å². The molecule has 0 amide bonds. The van der Waals surface area contributed by atoms with Crippen molar-refractivity contribution < 1.29 is 4.79 Å². The van der Waals surface area contributed by atoms with Gasteiger partial charge in [-0.1, -0.05) is 30.3 Å². The van der Waals surface area contributed by atoms with Gasteiger partial charge < -0.3 is 5.32 Å². The fraction of sp³-hybridized carbons (Fsp3) is 0.500. The molecule has 0 heterocycles. The Morgan fingerprint density at radius 3 is 2.65 bits per heavy atom. The van der Waals surface area contributed by atoms with Crippen LogP contribution >= 0.6 is 0 Å².